The van der Waals surface area contributed by atoms with Crippen LogP contribution < -0.4 is 10.2 Å². The zero-order valence-corrected chi connectivity index (χ0v) is 14.2. The largest absolute Gasteiger partial charge is 0.483 e. The van der Waals surface area contributed by atoms with Crippen molar-refractivity contribution >= 4 is 17.4 Å². The Morgan fingerprint density at radius 3 is 2.70 bits per heavy atom. The molecule has 0 saturated heterocycles. The van der Waals surface area contributed by atoms with Gasteiger partial charge in [-0.3, -0.25) is 9.59 Å². The number of benzene rings is 1. The van der Waals surface area contributed by atoms with E-state index in [4.69, 9.17) is 4.74 Å². The second-order valence-corrected chi connectivity index (χ2v) is 7.00. The molecule has 1 aliphatic rings. The average Bonchev–Trinajstić information content (AvgIpc) is 2.42. The lowest BCUT2D eigenvalue weighted by molar-refractivity contribution is -0.123. The maximum Gasteiger partial charge on any atom is 0.277 e. The van der Waals surface area contributed by atoms with Gasteiger partial charge in [0.1, 0.15) is 11.5 Å². The highest BCUT2D eigenvalue weighted by Gasteiger charge is 2.30. The Labute approximate surface area is 137 Å². The van der Waals surface area contributed by atoms with Crippen molar-refractivity contribution in [1.82, 2.24) is 5.43 Å². The number of aryl methyl sites for hydroxylation is 2. The summed E-state index contributed by atoms with van der Waals surface area (Å²) < 4.78 is 5.51. The number of hydrogen-bond donors (Lipinski definition) is 1. The Morgan fingerprint density at radius 1 is 1.30 bits per heavy atom. The van der Waals surface area contributed by atoms with Crippen LogP contribution >= 0.6 is 0 Å². The van der Waals surface area contributed by atoms with E-state index in [1.807, 2.05) is 45.9 Å². The van der Waals surface area contributed by atoms with Gasteiger partial charge in [-0.15, -0.1) is 0 Å². The Hall–Kier alpha value is -2.17. The van der Waals surface area contributed by atoms with Gasteiger partial charge in [0.05, 0.1) is 0 Å². The van der Waals surface area contributed by atoms with E-state index in [-0.39, 0.29) is 23.7 Å². The van der Waals surface area contributed by atoms with Gasteiger partial charge in [0.2, 0.25) is 0 Å². The van der Waals surface area contributed by atoms with Crippen LogP contribution in [0, 0.1) is 19.3 Å². The minimum Gasteiger partial charge on any atom is -0.483 e. The molecule has 5 heteroatoms. The molecule has 1 fully saturated rings. The molecule has 1 aromatic rings. The third-order valence-electron chi connectivity index (χ3n) is 3.79. The highest BCUT2D eigenvalue weighted by molar-refractivity contribution is 6.05. The summed E-state index contributed by atoms with van der Waals surface area (Å²) in [6.07, 6.45) is 1.61. The van der Waals surface area contributed by atoms with E-state index in [1.165, 1.54) is 0 Å². The lowest BCUT2D eigenvalue weighted by Crippen LogP contribution is -2.32. The first-order valence-electron chi connectivity index (χ1n) is 7.81. The summed E-state index contributed by atoms with van der Waals surface area (Å²) in [5, 5.41) is 4.09. The van der Waals surface area contributed by atoms with E-state index in [2.05, 4.69) is 10.5 Å². The van der Waals surface area contributed by atoms with Crippen molar-refractivity contribution in [3.8, 4) is 5.75 Å². The number of ether oxygens (including phenoxy) is 1. The van der Waals surface area contributed by atoms with E-state index in [0.29, 0.717) is 18.6 Å². The Bertz CT molecular complexity index is 648. The molecule has 0 bridgehead atoms. The van der Waals surface area contributed by atoms with E-state index in [1.54, 1.807) is 0 Å². The highest BCUT2D eigenvalue weighted by Crippen LogP contribution is 2.31. The lowest BCUT2D eigenvalue weighted by atomic mass is 9.76. The number of carbonyl (C=O) groups is 2. The summed E-state index contributed by atoms with van der Waals surface area (Å²) in [6.45, 7) is 7.91. The van der Waals surface area contributed by atoms with Crippen molar-refractivity contribution in [2.45, 2.75) is 47.0 Å². The molecular formula is C18H24N2O3. The Balaban J connectivity index is 1.87. The molecule has 0 spiro atoms. The number of rotatable bonds is 4. The maximum absolute atomic E-state index is 11.9. The summed E-state index contributed by atoms with van der Waals surface area (Å²) in [5.41, 5.74) is 5.26. The zero-order chi connectivity index (χ0) is 17.0. The highest BCUT2D eigenvalue weighted by atomic mass is 16.5. The van der Waals surface area contributed by atoms with Gasteiger partial charge in [-0.05, 0) is 37.3 Å². The van der Waals surface area contributed by atoms with Crippen molar-refractivity contribution in [3.63, 3.8) is 0 Å². The molecule has 2 rings (SSSR count). The van der Waals surface area contributed by atoms with Crippen molar-refractivity contribution in [2.24, 2.45) is 10.5 Å². The number of amides is 1. The molecule has 5 nitrogen and oxygen atoms in total. The summed E-state index contributed by atoms with van der Waals surface area (Å²) >= 11 is 0. The van der Waals surface area contributed by atoms with Gasteiger partial charge >= 0.3 is 0 Å². The first-order valence-corrected chi connectivity index (χ1v) is 7.81. The van der Waals surface area contributed by atoms with Crippen LogP contribution in [0.5, 0.6) is 5.75 Å². The number of hydrazone groups is 1. The summed E-state index contributed by atoms with van der Waals surface area (Å²) in [4.78, 5) is 23.5. The predicted molar refractivity (Wildman–Crippen MR) is 89.6 cm³/mol. The number of hydrogen-bond acceptors (Lipinski definition) is 4. The van der Waals surface area contributed by atoms with Gasteiger partial charge in [-0.25, -0.2) is 5.43 Å². The number of nitrogens with zero attached hydrogens (tertiary/aromatic N) is 1. The van der Waals surface area contributed by atoms with E-state index in [9.17, 15) is 9.59 Å². The fraction of sp³-hybridized carbons (Fsp3) is 0.500. The number of nitrogens with one attached hydrogen (secondary N) is 1. The van der Waals surface area contributed by atoms with Crippen molar-refractivity contribution < 1.29 is 14.3 Å². The third-order valence-corrected chi connectivity index (χ3v) is 3.79. The molecule has 1 aromatic carbocycles. The molecule has 0 atom stereocenters. The topological polar surface area (TPSA) is 67.8 Å². The van der Waals surface area contributed by atoms with Gasteiger partial charge in [0, 0.05) is 18.6 Å². The first-order chi connectivity index (χ1) is 10.7. The molecule has 0 aliphatic heterocycles. The molecule has 1 aliphatic carbocycles. The standard InChI is InChI=1S/C18H24N2O3/c1-12-5-6-16(13(2)7-12)23-11-17(22)20-19-14-8-15(21)10-18(3,4)9-14/h5-7H,8-11H2,1-4H3,(H,20,22)/b19-14-. The molecule has 0 heterocycles. The average molecular weight is 316 g/mol. The fourth-order valence-electron chi connectivity index (χ4n) is 2.86. The second-order valence-electron chi connectivity index (χ2n) is 7.00. The van der Waals surface area contributed by atoms with Crippen LogP contribution in [0.1, 0.15) is 44.2 Å². The molecule has 0 unspecified atom stereocenters. The summed E-state index contributed by atoms with van der Waals surface area (Å²) in [5.74, 6) is 0.529. The van der Waals surface area contributed by atoms with Gasteiger partial charge in [0.15, 0.2) is 6.61 Å². The van der Waals surface area contributed by atoms with Crippen molar-refractivity contribution in [3.05, 3.63) is 29.3 Å². The van der Waals surface area contributed by atoms with Crippen LogP contribution in [0.25, 0.3) is 0 Å². The van der Waals surface area contributed by atoms with Crippen molar-refractivity contribution in [2.75, 3.05) is 6.61 Å². The molecule has 0 aromatic heterocycles. The summed E-state index contributed by atoms with van der Waals surface area (Å²) in [7, 11) is 0. The monoisotopic (exact) mass is 316 g/mol. The minimum absolute atomic E-state index is 0.0889. The van der Waals surface area contributed by atoms with Gasteiger partial charge in [-0.1, -0.05) is 31.5 Å². The van der Waals surface area contributed by atoms with Gasteiger partial charge < -0.3 is 4.74 Å². The van der Waals surface area contributed by atoms with Crippen LogP contribution in [0.3, 0.4) is 0 Å². The quantitative estimate of drug-likeness (QED) is 0.868. The van der Waals surface area contributed by atoms with Gasteiger partial charge in [-0.2, -0.15) is 5.10 Å². The maximum atomic E-state index is 11.9. The van der Waals surface area contributed by atoms with Crippen LogP contribution in [0.2, 0.25) is 0 Å². The third kappa shape index (κ3) is 5.20. The molecule has 0 radical (unpaired) electrons. The van der Waals surface area contributed by atoms with Crippen LogP contribution in [-0.2, 0) is 9.59 Å². The van der Waals surface area contributed by atoms with Crippen LogP contribution in [-0.4, -0.2) is 24.0 Å². The SMILES string of the molecule is Cc1ccc(OCC(=O)N/N=C2/CC(=O)CC(C)(C)C2)c(C)c1. The van der Waals surface area contributed by atoms with Crippen LogP contribution in [0.15, 0.2) is 23.3 Å². The Morgan fingerprint density at radius 2 is 2.04 bits per heavy atom. The number of carbonyl (C=O) groups excluding carboxylic acids is 2. The number of ketones is 1. The second kappa shape index (κ2) is 6.94. The Kier molecular flexibility index (Phi) is 5.19. The zero-order valence-electron chi connectivity index (χ0n) is 14.2. The smallest absolute Gasteiger partial charge is 0.277 e. The molecular weight excluding hydrogens is 292 g/mol. The molecule has 1 N–H and O–H groups in total. The normalized spacial score (nSPS) is 18.8. The van der Waals surface area contributed by atoms with Crippen LogP contribution in [0.4, 0.5) is 0 Å². The minimum atomic E-state index is -0.326. The number of Topliss-reactive ketones (excluding diaryl/α,β-unsaturated/α-hetero) is 1. The molecule has 124 valence electrons. The fourth-order valence-corrected chi connectivity index (χ4v) is 2.86. The lowest BCUT2D eigenvalue weighted by Gasteiger charge is -2.28. The predicted octanol–water partition coefficient (Wildman–Crippen LogP) is 2.93. The van der Waals surface area contributed by atoms with E-state index in [0.717, 1.165) is 23.3 Å². The van der Waals surface area contributed by atoms with Crippen molar-refractivity contribution in [1.29, 1.82) is 0 Å². The molecule has 1 amide bonds. The molecule has 1 saturated carbocycles. The van der Waals surface area contributed by atoms with E-state index >= 15 is 0 Å². The summed E-state index contributed by atoms with van der Waals surface area (Å²) in [6, 6.07) is 5.80. The van der Waals surface area contributed by atoms with Gasteiger partial charge in [0.25, 0.3) is 5.91 Å². The molecule has 23 heavy (non-hydrogen) atoms. The van der Waals surface area contributed by atoms with E-state index < -0.39 is 0 Å². The first kappa shape index (κ1) is 17.2.